The van der Waals surface area contributed by atoms with Crippen LogP contribution in [0.3, 0.4) is 0 Å². The van der Waals surface area contributed by atoms with Gasteiger partial charge in [0.25, 0.3) is 0 Å². The smallest absolute Gasteiger partial charge is 0.243 e. The van der Waals surface area contributed by atoms with Gasteiger partial charge in [-0.15, -0.1) is 11.8 Å². The van der Waals surface area contributed by atoms with Crippen molar-refractivity contribution < 1.29 is 9.59 Å². The van der Waals surface area contributed by atoms with E-state index in [0.29, 0.717) is 32.3 Å². The van der Waals surface area contributed by atoms with Crippen LogP contribution in [0.1, 0.15) is 42.4 Å². The van der Waals surface area contributed by atoms with E-state index in [1.165, 1.54) is 11.8 Å². The predicted molar refractivity (Wildman–Crippen MR) is 164 cm³/mol. The van der Waals surface area contributed by atoms with Gasteiger partial charge in [-0.2, -0.15) is 0 Å². The van der Waals surface area contributed by atoms with Crippen molar-refractivity contribution in [1.82, 2.24) is 10.2 Å². The number of hydrogen-bond acceptors (Lipinski definition) is 3. The summed E-state index contributed by atoms with van der Waals surface area (Å²) < 4.78 is 0. The summed E-state index contributed by atoms with van der Waals surface area (Å²) in [6.45, 7) is 0.178. The maximum absolute atomic E-state index is 13.8. The molecule has 0 saturated heterocycles. The summed E-state index contributed by atoms with van der Waals surface area (Å²) in [5.41, 5.74) is 2.48. The van der Waals surface area contributed by atoms with E-state index >= 15 is 0 Å². The van der Waals surface area contributed by atoms with Crippen molar-refractivity contribution >= 4 is 70.0 Å². The quantitative estimate of drug-likeness (QED) is 0.234. The Bertz CT molecular complexity index is 1260. The van der Waals surface area contributed by atoms with E-state index in [1.807, 2.05) is 30.3 Å². The van der Waals surface area contributed by atoms with Gasteiger partial charge < -0.3 is 10.2 Å². The summed E-state index contributed by atoms with van der Waals surface area (Å²) >= 11 is 26.7. The Morgan fingerprint density at radius 3 is 2.26 bits per heavy atom. The SMILES string of the molecule is O=C(NC1CCCC1)[C@H](Cc1ccccc1)N(Cc1ccc(Cl)cc1Cl)C(=O)CSCc1c(Cl)cccc1Cl. The lowest BCUT2D eigenvalue weighted by molar-refractivity contribution is -0.139. The first-order chi connectivity index (χ1) is 18.8. The van der Waals surface area contributed by atoms with E-state index in [4.69, 9.17) is 46.4 Å². The number of carbonyl (C=O) groups excluding carboxylic acids is 2. The maximum Gasteiger partial charge on any atom is 0.243 e. The number of hydrogen-bond donors (Lipinski definition) is 1. The molecule has 3 aromatic carbocycles. The molecule has 1 saturated carbocycles. The zero-order valence-corrected chi connectivity index (χ0v) is 25.2. The highest BCUT2D eigenvalue weighted by Gasteiger charge is 2.32. The fraction of sp³-hybridized carbons (Fsp3) is 0.333. The molecule has 0 bridgehead atoms. The second-order valence-corrected chi connectivity index (χ2v) is 12.3. The lowest BCUT2D eigenvalue weighted by Gasteiger charge is -2.32. The Morgan fingerprint density at radius 2 is 1.59 bits per heavy atom. The summed E-state index contributed by atoms with van der Waals surface area (Å²) in [7, 11) is 0. The Kier molecular flexibility index (Phi) is 11.3. The minimum absolute atomic E-state index is 0.128. The predicted octanol–water partition coefficient (Wildman–Crippen LogP) is 8.23. The highest BCUT2D eigenvalue weighted by molar-refractivity contribution is 7.99. The number of thioether (sulfide) groups is 1. The van der Waals surface area contributed by atoms with Crippen LogP contribution in [0.15, 0.2) is 66.7 Å². The van der Waals surface area contributed by atoms with Crippen LogP contribution in [0.5, 0.6) is 0 Å². The first-order valence-corrected chi connectivity index (χ1v) is 15.6. The van der Waals surface area contributed by atoms with Crippen LogP contribution in [-0.2, 0) is 28.3 Å². The molecule has 0 spiro atoms. The summed E-state index contributed by atoms with van der Waals surface area (Å²) in [4.78, 5) is 29.3. The number of halogens is 4. The van der Waals surface area contributed by atoms with Crippen LogP contribution >= 0.6 is 58.2 Å². The van der Waals surface area contributed by atoms with E-state index in [-0.39, 0.29) is 30.2 Å². The molecule has 9 heteroatoms. The fourth-order valence-electron chi connectivity index (χ4n) is 4.75. The molecule has 1 aliphatic carbocycles. The Morgan fingerprint density at radius 1 is 0.897 bits per heavy atom. The molecule has 4 nitrogen and oxygen atoms in total. The van der Waals surface area contributed by atoms with Gasteiger partial charge in [0, 0.05) is 44.9 Å². The third kappa shape index (κ3) is 8.55. The van der Waals surface area contributed by atoms with E-state index in [1.54, 1.807) is 41.3 Å². The first-order valence-electron chi connectivity index (χ1n) is 12.9. The molecule has 0 radical (unpaired) electrons. The van der Waals surface area contributed by atoms with E-state index < -0.39 is 6.04 Å². The van der Waals surface area contributed by atoms with Crippen molar-refractivity contribution in [2.45, 2.75) is 56.5 Å². The average molecular weight is 624 g/mol. The Labute approximate surface area is 254 Å². The number of carbonyl (C=O) groups is 2. The van der Waals surface area contributed by atoms with Crippen LogP contribution in [0.25, 0.3) is 0 Å². The Balaban J connectivity index is 1.60. The van der Waals surface area contributed by atoms with Gasteiger partial charge in [-0.1, -0.05) is 102 Å². The summed E-state index contributed by atoms with van der Waals surface area (Å²) in [5, 5.41) is 5.29. The van der Waals surface area contributed by atoms with Gasteiger partial charge in [0.1, 0.15) is 6.04 Å². The van der Waals surface area contributed by atoms with Gasteiger partial charge in [-0.3, -0.25) is 9.59 Å². The lowest BCUT2D eigenvalue weighted by atomic mass is 10.0. The molecule has 0 heterocycles. The van der Waals surface area contributed by atoms with Crippen LogP contribution in [0, 0.1) is 0 Å². The molecule has 4 rings (SSSR count). The van der Waals surface area contributed by atoms with Gasteiger partial charge in [0.15, 0.2) is 0 Å². The van der Waals surface area contributed by atoms with Crippen LogP contribution in [0.4, 0.5) is 0 Å². The van der Waals surface area contributed by atoms with Crippen molar-refractivity contribution in [3.05, 3.63) is 104 Å². The molecule has 0 aromatic heterocycles. The van der Waals surface area contributed by atoms with Gasteiger partial charge in [0.2, 0.25) is 11.8 Å². The van der Waals surface area contributed by atoms with Gasteiger partial charge in [-0.25, -0.2) is 0 Å². The van der Waals surface area contributed by atoms with Crippen molar-refractivity contribution in [2.24, 2.45) is 0 Å². The Hall–Kier alpha value is -1.89. The zero-order chi connectivity index (χ0) is 27.8. The van der Waals surface area contributed by atoms with Crippen molar-refractivity contribution in [3.8, 4) is 0 Å². The minimum atomic E-state index is -0.711. The summed E-state index contributed by atoms with van der Waals surface area (Å²) in [5.74, 6) is 0.298. The van der Waals surface area contributed by atoms with Crippen molar-refractivity contribution in [3.63, 3.8) is 0 Å². The van der Waals surface area contributed by atoms with Crippen LogP contribution in [-0.4, -0.2) is 34.6 Å². The number of rotatable bonds is 11. The number of nitrogens with zero attached hydrogens (tertiary/aromatic N) is 1. The number of benzene rings is 3. The van der Waals surface area contributed by atoms with Crippen LogP contribution in [0.2, 0.25) is 20.1 Å². The molecule has 1 fully saturated rings. The molecule has 3 aromatic rings. The largest absolute Gasteiger partial charge is 0.352 e. The molecule has 1 aliphatic rings. The van der Waals surface area contributed by atoms with Crippen LogP contribution < -0.4 is 5.32 Å². The topological polar surface area (TPSA) is 49.4 Å². The second-order valence-electron chi connectivity index (χ2n) is 9.65. The summed E-state index contributed by atoms with van der Waals surface area (Å²) in [6.07, 6.45) is 4.49. The summed E-state index contributed by atoms with van der Waals surface area (Å²) in [6, 6.07) is 19.7. The first kappa shape index (κ1) is 30.1. The maximum atomic E-state index is 13.8. The molecule has 1 atom stereocenters. The van der Waals surface area contributed by atoms with E-state index in [2.05, 4.69) is 5.32 Å². The highest BCUT2D eigenvalue weighted by atomic mass is 35.5. The third-order valence-electron chi connectivity index (χ3n) is 6.86. The van der Waals surface area contributed by atoms with E-state index in [9.17, 15) is 9.59 Å². The zero-order valence-electron chi connectivity index (χ0n) is 21.3. The van der Waals surface area contributed by atoms with Crippen molar-refractivity contribution in [1.29, 1.82) is 0 Å². The lowest BCUT2D eigenvalue weighted by Crippen LogP contribution is -2.52. The molecular weight excluding hydrogens is 594 g/mol. The number of amides is 2. The van der Waals surface area contributed by atoms with Gasteiger partial charge in [-0.05, 0) is 53.8 Å². The highest BCUT2D eigenvalue weighted by Crippen LogP contribution is 2.29. The molecule has 39 heavy (non-hydrogen) atoms. The normalized spacial score (nSPS) is 14.3. The molecule has 2 amide bonds. The average Bonchev–Trinajstić information content (AvgIpc) is 3.42. The minimum Gasteiger partial charge on any atom is -0.352 e. The molecule has 1 N–H and O–H groups in total. The van der Waals surface area contributed by atoms with Gasteiger partial charge in [0.05, 0.1) is 5.75 Å². The molecular formula is C30H30Cl4N2O2S. The van der Waals surface area contributed by atoms with Crippen molar-refractivity contribution in [2.75, 3.05) is 5.75 Å². The number of nitrogens with one attached hydrogen (secondary N) is 1. The molecule has 0 aliphatic heterocycles. The third-order valence-corrected chi connectivity index (χ3v) is 9.10. The fourth-order valence-corrected chi connectivity index (χ4v) is 6.86. The van der Waals surface area contributed by atoms with E-state index in [0.717, 1.165) is 42.4 Å². The monoisotopic (exact) mass is 622 g/mol. The van der Waals surface area contributed by atoms with Gasteiger partial charge >= 0.3 is 0 Å². The standard InChI is InChI=1S/C30H30Cl4N2O2S/c31-22-14-13-21(27(34)16-22)17-36(29(37)19-39-18-24-25(32)11-6-12-26(24)33)28(15-20-7-2-1-3-8-20)30(38)35-23-9-4-5-10-23/h1-3,6-8,11-14,16,23,28H,4-5,9-10,15,17-19H2,(H,35,38)/t28-/m0/s1. The molecule has 0 unspecified atom stereocenters. The molecule has 206 valence electrons. The second kappa shape index (κ2) is 14.7.